The summed E-state index contributed by atoms with van der Waals surface area (Å²) in [6, 6.07) is 19.7. The first-order valence-corrected chi connectivity index (χ1v) is 10.7. The molecular formula is C24H23ClN2O5. The molecule has 0 spiro atoms. The third-order valence-corrected chi connectivity index (χ3v) is 5.73. The number of halogens is 1. The van der Waals surface area contributed by atoms with Crippen LogP contribution in [0.3, 0.4) is 0 Å². The van der Waals surface area contributed by atoms with Gasteiger partial charge in [0.1, 0.15) is 18.1 Å². The molecular weight excluding hydrogens is 432 g/mol. The number of carbonyl (C=O) groups is 2. The second-order valence-corrected chi connectivity index (χ2v) is 7.91. The minimum Gasteiger partial charge on any atom is -0.486 e. The molecule has 2 N–H and O–H groups in total. The molecule has 1 aliphatic rings. The van der Waals surface area contributed by atoms with E-state index in [9.17, 15) is 9.59 Å². The number of carbonyl (C=O) groups excluding carboxylic acids is 2. The second-order valence-electron chi connectivity index (χ2n) is 7.48. The highest BCUT2D eigenvalue weighted by Crippen LogP contribution is 2.35. The minimum absolute atomic E-state index is 0.0736. The number of hydrogen-bond donors (Lipinski definition) is 2. The number of ether oxygens (including phenoxy) is 2. The average molecular weight is 455 g/mol. The lowest BCUT2D eigenvalue weighted by molar-refractivity contribution is -0.131. The predicted molar refractivity (Wildman–Crippen MR) is 118 cm³/mol. The Balaban J connectivity index is 1.37. The fraction of sp³-hybridized carbons (Fsp3) is 0.250. The highest BCUT2D eigenvalue weighted by molar-refractivity contribution is 6.30. The van der Waals surface area contributed by atoms with Crippen molar-refractivity contribution in [2.24, 2.45) is 0 Å². The third kappa shape index (κ3) is 4.95. The van der Waals surface area contributed by atoms with Crippen LogP contribution in [0.5, 0.6) is 5.75 Å². The summed E-state index contributed by atoms with van der Waals surface area (Å²) in [4.78, 5) is 25.6. The van der Waals surface area contributed by atoms with E-state index < -0.39 is 11.3 Å². The lowest BCUT2D eigenvalue weighted by Crippen LogP contribution is -2.53. The standard InChI is InChI=1S/C24H23ClN2O5/c25-18-8-6-17(7-9-18)24(12-14-30-15-13-24)23(29)27-26-22(28)21-11-10-20(32-21)16-31-19-4-2-1-3-5-19/h1-11H,12-16H2,(H,26,28)(H,27,29). The zero-order chi connectivity index (χ0) is 22.4. The van der Waals surface area contributed by atoms with E-state index in [-0.39, 0.29) is 18.3 Å². The number of rotatable bonds is 6. The first kappa shape index (κ1) is 21.9. The summed E-state index contributed by atoms with van der Waals surface area (Å²) in [7, 11) is 0. The van der Waals surface area contributed by atoms with Gasteiger partial charge in [-0.15, -0.1) is 0 Å². The molecule has 0 aliphatic carbocycles. The van der Waals surface area contributed by atoms with Gasteiger partial charge in [-0.1, -0.05) is 41.9 Å². The maximum absolute atomic E-state index is 13.1. The van der Waals surface area contributed by atoms with Crippen LogP contribution in [0.25, 0.3) is 0 Å². The van der Waals surface area contributed by atoms with Crippen LogP contribution < -0.4 is 15.6 Å². The van der Waals surface area contributed by atoms with E-state index in [4.69, 9.17) is 25.5 Å². The molecule has 2 heterocycles. The van der Waals surface area contributed by atoms with Crippen LogP contribution in [0.2, 0.25) is 5.02 Å². The number of furan rings is 1. The Hall–Kier alpha value is -3.29. The van der Waals surface area contributed by atoms with Gasteiger partial charge in [0.05, 0.1) is 5.41 Å². The fourth-order valence-electron chi connectivity index (χ4n) is 3.68. The molecule has 2 amide bonds. The molecule has 4 rings (SSSR count). The Morgan fingerprint density at radius 1 is 0.938 bits per heavy atom. The van der Waals surface area contributed by atoms with E-state index in [0.717, 1.165) is 5.56 Å². The first-order valence-electron chi connectivity index (χ1n) is 10.3. The average Bonchev–Trinajstić information content (AvgIpc) is 3.32. The lowest BCUT2D eigenvalue weighted by atomic mass is 9.73. The van der Waals surface area contributed by atoms with Crippen LogP contribution in [0.15, 0.2) is 71.1 Å². The molecule has 8 heteroatoms. The zero-order valence-corrected chi connectivity index (χ0v) is 18.1. The molecule has 1 fully saturated rings. The maximum atomic E-state index is 13.1. The topological polar surface area (TPSA) is 89.8 Å². The number of nitrogens with one attached hydrogen (secondary N) is 2. The van der Waals surface area contributed by atoms with Gasteiger partial charge in [0.15, 0.2) is 5.76 Å². The number of hydrogen-bond acceptors (Lipinski definition) is 5. The van der Waals surface area contributed by atoms with Crippen LogP contribution in [-0.2, 0) is 21.6 Å². The summed E-state index contributed by atoms with van der Waals surface area (Å²) < 4.78 is 16.6. The Labute approximate surface area is 190 Å². The molecule has 1 aromatic heterocycles. The Morgan fingerprint density at radius 2 is 1.66 bits per heavy atom. The highest BCUT2D eigenvalue weighted by Gasteiger charge is 2.42. The van der Waals surface area contributed by atoms with Crippen LogP contribution in [-0.4, -0.2) is 25.0 Å². The van der Waals surface area contributed by atoms with E-state index in [1.165, 1.54) is 6.07 Å². The fourth-order valence-corrected chi connectivity index (χ4v) is 3.81. The molecule has 1 aliphatic heterocycles. The maximum Gasteiger partial charge on any atom is 0.305 e. The molecule has 2 aromatic carbocycles. The third-order valence-electron chi connectivity index (χ3n) is 5.48. The van der Waals surface area contributed by atoms with E-state index >= 15 is 0 Å². The van der Waals surface area contributed by atoms with Gasteiger partial charge in [-0.3, -0.25) is 20.4 Å². The van der Waals surface area contributed by atoms with Crippen LogP contribution >= 0.6 is 11.6 Å². The summed E-state index contributed by atoms with van der Waals surface area (Å²) in [6.45, 7) is 1.09. The van der Waals surface area contributed by atoms with Crippen LogP contribution in [0.4, 0.5) is 0 Å². The molecule has 0 atom stereocenters. The van der Waals surface area contributed by atoms with Gasteiger partial charge in [0.25, 0.3) is 0 Å². The summed E-state index contributed by atoms with van der Waals surface area (Å²) in [5.41, 5.74) is 5.02. The van der Waals surface area contributed by atoms with E-state index in [0.29, 0.717) is 42.6 Å². The quantitative estimate of drug-likeness (QED) is 0.549. The molecule has 0 radical (unpaired) electrons. The van der Waals surface area contributed by atoms with E-state index in [1.54, 1.807) is 18.2 Å². The van der Waals surface area contributed by atoms with Crippen molar-refractivity contribution >= 4 is 23.4 Å². The molecule has 7 nitrogen and oxygen atoms in total. The van der Waals surface area contributed by atoms with Crippen molar-refractivity contribution in [1.29, 1.82) is 0 Å². The number of para-hydroxylation sites is 1. The van der Waals surface area contributed by atoms with Crippen LogP contribution in [0, 0.1) is 0 Å². The molecule has 32 heavy (non-hydrogen) atoms. The van der Waals surface area contributed by atoms with Gasteiger partial charge in [0.2, 0.25) is 5.91 Å². The largest absolute Gasteiger partial charge is 0.486 e. The normalized spacial score (nSPS) is 15.0. The van der Waals surface area contributed by atoms with Gasteiger partial charge >= 0.3 is 5.91 Å². The van der Waals surface area contributed by atoms with Crippen LogP contribution in [0.1, 0.15) is 34.7 Å². The van der Waals surface area contributed by atoms with Gasteiger partial charge in [-0.2, -0.15) is 0 Å². The Kier molecular flexibility index (Phi) is 6.78. The van der Waals surface area contributed by atoms with Crippen molar-refractivity contribution in [2.45, 2.75) is 24.9 Å². The second kappa shape index (κ2) is 9.89. The van der Waals surface area contributed by atoms with Gasteiger partial charge in [-0.05, 0) is 54.8 Å². The van der Waals surface area contributed by atoms with Crippen molar-refractivity contribution < 1.29 is 23.5 Å². The van der Waals surface area contributed by atoms with Gasteiger partial charge < -0.3 is 13.9 Å². The van der Waals surface area contributed by atoms with Crippen molar-refractivity contribution in [3.05, 3.63) is 88.8 Å². The van der Waals surface area contributed by atoms with Gasteiger partial charge in [0, 0.05) is 18.2 Å². The predicted octanol–water partition coefficient (Wildman–Crippen LogP) is 4.02. The van der Waals surface area contributed by atoms with Crippen molar-refractivity contribution in [3.8, 4) is 5.75 Å². The molecule has 166 valence electrons. The summed E-state index contributed by atoms with van der Waals surface area (Å²) in [5.74, 6) is 0.404. The van der Waals surface area contributed by atoms with Gasteiger partial charge in [-0.25, -0.2) is 0 Å². The zero-order valence-electron chi connectivity index (χ0n) is 17.3. The smallest absolute Gasteiger partial charge is 0.305 e. The van der Waals surface area contributed by atoms with Crippen molar-refractivity contribution in [3.63, 3.8) is 0 Å². The summed E-state index contributed by atoms with van der Waals surface area (Å²) >= 11 is 6.00. The molecule has 1 saturated heterocycles. The molecule has 0 bridgehead atoms. The van der Waals surface area contributed by atoms with E-state index in [2.05, 4.69) is 10.9 Å². The number of benzene rings is 2. The Morgan fingerprint density at radius 3 is 2.38 bits per heavy atom. The number of amides is 2. The molecule has 0 unspecified atom stereocenters. The van der Waals surface area contributed by atoms with Crippen molar-refractivity contribution in [1.82, 2.24) is 10.9 Å². The summed E-state index contributed by atoms with van der Waals surface area (Å²) in [5, 5.41) is 0.592. The minimum atomic E-state index is -0.812. The SMILES string of the molecule is O=C(NNC(=O)C1(c2ccc(Cl)cc2)CCOCC1)c1ccc(COc2ccccc2)o1. The Bertz CT molecular complexity index is 1060. The molecule has 3 aromatic rings. The molecule has 0 saturated carbocycles. The highest BCUT2D eigenvalue weighted by atomic mass is 35.5. The monoisotopic (exact) mass is 454 g/mol. The lowest BCUT2D eigenvalue weighted by Gasteiger charge is -2.36. The van der Waals surface area contributed by atoms with Crippen molar-refractivity contribution in [2.75, 3.05) is 13.2 Å². The first-order chi connectivity index (χ1) is 15.6. The summed E-state index contributed by atoms with van der Waals surface area (Å²) in [6.07, 6.45) is 0.996. The van der Waals surface area contributed by atoms with E-state index in [1.807, 2.05) is 42.5 Å². The number of hydrazine groups is 1.